The lowest BCUT2D eigenvalue weighted by Gasteiger charge is -2.35. The summed E-state index contributed by atoms with van der Waals surface area (Å²) in [5.74, 6) is 1.10. The molecule has 0 aliphatic carbocycles. The van der Waals surface area contributed by atoms with Gasteiger partial charge >= 0.3 is 0 Å². The van der Waals surface area contributed by atoms with Crippen LogP contribution in [0.3, 0.4) is 0 Å². The Balaban J connectivity index is 1.29. The van der Waals surface area contributed by atoms with Crippen molar-refractivity contribution in [1.29, 1.82) is 0 Å². The van der Waals surface area contributed by atoms with Gasteiger partial charge in [0.1, 0.15) is 5.82 Å². The Morgan fingerprint density at radius 2 is 1.41 bits per heavy atom. The molecule has 1 aliphatic heterocycles. The van der Waals surface area contributed by atoms with Gasteiger partial charge in [0.2, 0.25) is 0 Å². The first-order valence-electron chi connectivity index (χ1n) is 9.66. The van der Waals surface area contributed by atoms with Crippen LogP contribution in [0.4, 0.5) is 5.82 Å². The van der Waals surface area contributed by atoms with Crippen LogP contribution in [-0.4, -0.2) is 36.1 Å². The Hall–Kier alpha value is -2.91. The number of anilines is 1. The Morgan fingerprint density at radius 1 is 0.667 bits per heavy atom. The summed E-state index contributed by atoms with van der Waals surface area (Å²) in [5, 5.41) is 3.91. The molecule has 1 fully saturated rings. The minimum Gasteiger partial charge on any atom is -0.354 e. The Kier molecular flexibility index (Phi) is 4.23. The predicted molar refractivity (Wildman–Crippen MR) is 113 cm³/mol. The van der Waals surface area contributed by atoms with Crippen LogP contribution in [0.2, 0.25) is 0 Å². The van der Waals surface area contributed by atoms with Gasteiger partial charge in [0.15, 0.2) is 0 Å². The van der Waals surface area contributed by atoms with Crippen molar-refractivity contribution in [3.63, 3.8) is 0 Å². The van der Waals surface area contributed by atoms with Gasteiger partial charge in [0, 0.05) is 38.1 Å². The van der Waals surface area contributed by atoms with Crippen molar-refractivity contribution in [2.24, 2.45) is 0 Å². The van der Waals surface area contributed by atoms with Crippen LogP contribution >= 0.6 is 0 Å². The molecule has 2 heterocycles. The van der Waals surface area contributed by atoms with Crippen LogP contribution < -0.4 is 4.90 Å². The molecule has 1 aliphatic rings. The molecule has 0 radical (unpaired) electrons. The second-order valence-electron chi connectivity index (χ2n) is 7.26. The van der Waals surface area contributed by atoms with E-state index >= 15 is 0 Å². The Bertz CT molecular complexity index is 1080. The van der Waals surface area contributed by atoms with E-state index in [1.54, 1.807) is 0 Å². The van der Waals surface area contributed by atoms with Crippen molar-refractivity contribution in [1.82, 2.24) is 9.88 Å². The molecule has 27 heavy (non-hydrogen) atoms. The zero-order chi connectivity index (χ0) is 18.1. The molecule has 0 saturated carbocycles. The van der Waals surface area contributed by atoms with E-state index in [2.05, 4.69) is 88.7 Å². The summed E-state index contributed by atoms with van der Waals surface area (Å²) in [6, 6.07) is 28.0. The van der Waals surface area contributed by atoms with E-state index in [0.717, 1.165) is 44.1 Å². The number of rotatable bonds is 3. The van der Waals surface area contributed by atoms with Crippen molar-refractivity contribution in [3.8, 4) is 0 Å². The fourth-order valence-corrected chi connectivity index (χ4v) is 4.04. The highest BCUT2D eigenvalue weighted by Gasteiger charge is 2.19. The molecular formula is C24H23N3. The third-order valence-electron chi connectivity index (χ3n) is 5.55. The maximum absolute atomic E-state index is 4.86. The zero-order valence-electron chi connectivity index (χ0n) is 15.4. The third kappa shape index (κ3) is 3.26. The SMILES string of the molecule is c1ccc2nc(N3CCN(Cc4cccc5ccccc45)CC3)ccc2c1. The second kappa shape index (κ2) is 7.01. The highest BCUT2D eigenvalue weighted by Crippen LogP contribution is 2.22. The summed E-state index contributed by atoms with van der Waals surface area (Å²) in [4.78, 5) is 9.82. The lowest BCUT2D eigenvalue weighted by Crippen LogP contribution is -2.46. The van der Waals surface area contributed by atoms with Crippen molar-refractivity contribution in [3.05, 3.63) is 84.4 Å². The molecule has 4 aromatic rings. The van der Waals surface area contributed by atoms with Crippen LogP contribution in [0.25, 0.3) is 21.7 Å². The third-order valence-corrected chi connectivity index (χ3v) is 5.55. The molecule has 1 saturated heterocycles. The molecule has 3 nitrogen and oxygen atoms in total. The average Bonchev–Trinajstić information content (AvgIpc) is 2.74. The summed E-state index contributed by atoms with van der Waals surface area (Å²) in [6.45, 7) is 5.20. The molecule has 0 atom stereocenters. The van der Waals surface area contributed by atoms with Crippen LogP contribution in [0.5, 0.6) is 0 Å². The number of para-hydroxylation sites is 1. The number of fused-ring (bicyclic) bond motifs is 2. The summed E-state index contributed by atoms with van der Waals surface area (Å²) < 4.78 is 0. The zero-order valence-corrected chi connectivity index (χ0v) is 15.4. The monoisotopic (exact) mass is 353 g/mol. The van der Waals surface area contributed by atoms with E-state index in [9.17, 15) is 0 Å². The quantitative estimate of drug-likeness (QED) is 0.532. The minimum atomic E-state index is 1.01. The van der Waals surface area contributed by atoms with Gasteiger partial charge in [-0.25, -0.2) is 4.98 Å². The normalized spacial score (nSPS) is 15.5. The number of hydrogen-bond donors (Lipinski definition) is 0. The van der Waals surface area contributed by atoms with Gasteiger partial charge < -0.3 is 4.90 Å². The summed E-state index contributed by atoms with van der Waals surface area (Å²) in [5.41, 5.74) is 2.50. The number of pyridine rings is 1. The topological polar surface area (TPSA) is 19.4 Å². The van der Waals surface area contributed by atoms with E-state index < -0.39 is 0 Å². The molecule has 0 unspecified atom stereocenters. The smallest absolute Gasteiger partial charge is 0.129 e. The molecule has 0 N–H and O–H groups in total. The first kappa shape index (κ1) is 16.3. The number of hydrogen-bond acceptors (Lipinski definition) is 3. The summed E-state index contributed by atoms with van der Waals surface area (Å²) in [7, 11) is 0. The van der Waals surface area contributed by atoms with Crippen LogP contribution in [0.15, 0.2) is 78.9 Å². The maximum Gasteiger partial charge on any atom is 0.129 e. The van der Waals surface area contributed by atoms with E-state index in [-0.39, 0.29) is 0 Å². The average molecular weight is 353 g/mol. The molecule has 0 amide bonds. The van der Waals surface area contributed by atoms with Gasteiger partial charge in [-0.1, -0.05) is 60.7 Å². The van der Waals surface area contributed by atoms with E-state index in [0.29, 0.717) is 0 Å². The van der Waals surface area contributed by atoms with E-state index in [4.69, 9.17) is 4.98 Å². The van der Waals surface area contributed by atoms with E-state index in [1.165, 1.54) is 21.7 Å². The first-order valence-corrected chi connectivity index (χ1v) is 9.66. The fraction of sp³-hybridized carbons (Fsp3) is 0.208. The summed E-state index contributed by atoms with van der Waals surface area (Å²) >= 11 is 0. The highest BCUT2D eigenvalue weighted by atomic mass is 15.3. The van der Waals surface area contributed by atoms with Crippen molar-refractivity contribution >= 4 is 27.5 Å². The van der Waals surface area contributed by atoms with Gasteiger partial charge in [-0.15, -0.1) is 0 Å². The lowest BCUT2D eigenvalue weighted by molar-refractivity contribution is 0.250. The second-order valence-corrected chi connectivity index (χ2v) is 7.26. The molecular weight excluding hydrogens is 330 g/mol. The van der Waals surface area contributed by atoms with Crippen molar-refractivity contribution < 1.29 is 0 Å². The van der Waals surface area contributed by atoms with Crippen LogP contribution in [0.1, 0.15) is 5.56 Å². The number of nitrogens with zero attached hydrogens (tertiary/aromatic N) is 3. The largest absolute Gasteiger partial charge is 0.354 e. The van der Waals surface area contributed by atoms with Crippen molar-refractivity contribution in [2.75, 3.05) is 31.1 Å². The molecule has 3 heteroatoms. The Morgan fingerprint density at radius 3 is 2.30 bits per heavy atom. The maximum atomic E-state index is 4.86. The number of aromatic nitrogens is 1. The van der Waals surface area contributed by atoms with Crippen molar-refractivity contribution in [2.45, 2.75) is 6.54 Å². The fourth-order valence-electron chi connectivity index (χ4n) is 4.04. The summed E-state index contributed by atoms with van der Waals surface area (Å²) in [6.07, 6.45) is 0. The lowest BCUT2D eigenvalue weighted by atomic mass is 10.0. The molecule has 1 aromatic heterocycles. The number of benzene rings is 3. The highest BCUT2D eigenvalue weighted by molar-refractivity contribution is 5.85. The van der Waals surface area contributed by atoms with Crippen LogP contribution in [-0.2, 0) is 6.54 Å². The molecule has 5 rings (SSSR count). The van der Waals surface area contributed by atoms with Gasteiger partial charge in [0.05, 0.1) is 5.52 Å². The molecule has 3 aromatic carbocycles. The number of piperazine rings is 1. The van der Waals surface area contributed by atoms with Gasteiger partial charge in [-0.05, 0) is 34.5 Å². The molecule has 0 spiro atoms. The first-order chi connectivity index (χ1) is 13.4. The molecule has 134 valence electrons. The van der Waals surface area contributed by atoms with Crippen LogP contribution in [0, 0.1) is 0 Å². The Labute approximate surface area is 159 Å². The van der Waals surface area contributed by atoms with Gasteiger partial charge in [-0.3, -0.25) is 4.90 Å². The van der Waals surface area contributed by atoms with Gasteiger partial charge in [0.25, 0.3) is 0 Å². The molecule has 0 bridgehead atoms. The standard InChI is InChI=1S/C24H23N3/c1-3-10-22-19(6-1)8-5-9-21(22)18-26-14-16-27(17-15-26)24-13-12-20-7-2-4-11-23(20)25-24/h1-13H,14-18H2. The van der Waals surface area contributed by atoms with Gasteiger partial charge in [-0.2, -0.15) is 0 Å². The minimum absolute atomic E-state index is 1.01. The predicted octanol–water partition coefficient (Wildman–Crippen LogP) is 4.71. The van der Waals surface area contributed by atoms with E-state index in [1.807, 2.05) is 0 Å².